The normalized spacial score (nSPS) is 13.0. The lowest BCUT2D eigenvalue weighted by molar-refractivity contribution is -0.131. The third-order valence-corrected chi connectivity index (χ3v) is 7.52. The molecule has 0 aliphatic heterocycles. The van der Waals surface area contributed by atoms with Crippen LogP contribution in [0.4, 0.5) is 0 Å². The number of fused-ring (bicyclic) bond motifs is 1. The fourth-order valence-corrected chi connectivity index (χ4v) is 4.56. The van der Waals surface area contributed by atoms with Crippen molar-refractivity contribution in [2.45, 2.75) is 44.2 Å². The second-order valence-corrected chi connectivity index (χ2v) is 9.95. The molecule has 0 aliphatic carbocycles. The zero-order valence-corrected chi connectivity index (χ0v) is 19.6. The summed E-state index contributed by atoms with van der Waals surface area (Å²) in [5, 5.41) is 0. The number of imidazole rings is 1. The number of aryl methyl sites for hydroxylation is 2. The Morgan fingerprint density at radius 1 is 1.10 bits per heavy atom. The van der Waals surface area contributed by atoms with Gasteiger partial charge in [0.25, 0.3) is 0 Å². The molecule has 1 atom stereocenters. The van der Waals surface area contributed by atoms with Gasteiger partial charge in [-0.2, -0.15) is 0 Å². The van der Waals surface area contributed by atoms with Crippen LogP contribution >= 0.6 is 0 Å². The molecule has 7 nitrogen and oxygen atoms in total. The summed E-state index contributed by atoms with van der Waals surface area (Å²) >= 11 is 0. The Kier molecular flexibility index (Phi) is 6.81. The summed E-state index contributed by atoms with van der Waals surface area (Å²) in [6.07, 6.45) is 0.822. The molecule has 1 amide bonds. The van der Waals surface area contributed by atoms with E-state index in [4.69, 9.17) is 0 Å². The van der Waals surface area contributed by atoms with Crippen LogP contribution in [0.15, 0.2) is 53.4 Å². The Labute approximate surface area is 184 Å². The van der Waals surface area contributed by atoms with Crippen LogP contribution in [-0.4, -0.2) is 54.2 Å². The molecular formula is C23H30N4O3S. The smallest absolute Gasteiger partial charge is 0.242 e. The van der Waals surface area contributed by atoms with Crippen LogP contribution in [0.1, 0.15) is 37.7 Å². The minimum absolute atomic E-state index is 0.0162. The lowest BCUT2D eigenvalue weighted by atomic mass is 10.1. The lowest BCUT2D eigenvalue weighted by Crippen LogP contribution is -2.30. The first-order valence-corrected chi connectivity index (χ1v) is 11.8. The predicted octanol–water partition coefficient (Wildman–Crippen LogP) is 3.46. The van der Waals surface area contributed by atoms with Gasteiger partial charge in [-0.3, -0.25) is 4.79 Å². The molecule has 8 heteroatoms. The van der Waals surface area contributed by atoms with Crippen LogP contribution in [0.5, 0.6) is 0 Å². The molecule has 0 radical (unpaired) electrons. The molecule has 1 aromatic heterocycles. The summed E-state index contributed by atoms with van der Waals surface area (Å²) in [5.41, 5.74) is 2.58. The van der Waals surface area contributed by atoms with Gasteiger partial charge in [0.05, 0.1) is 22.0 Å². The second kappa shape index (κ2) is 9.20. The Balaban J connectivity index is 1.80. The van der Waals surface area contributed by atoms with Crippen molar-refractivity contribution in [3.05, 3.63) is 59.9 Å². The second-order valence-electron chi connectivity index (χ2n) is 7.80. The SMILES string of the molecule is CCn1c(CCC(=O)N(C)[C@H](C)c2ccccc2)nc2cc(S(=O)(=O)N(C)C)ccc21. The molecule has 3 aromatic rings. The van der Waals surface area contributed by atoms with Crippen LogP contribution in [0.3, 0.4) is 0 Å². The highest BCUT2D eigenvalue weighted by Gasteiger charge is 2.21. The Bertz CT molecular complexity index is 1170. The third kappa shape index (κ3) is 4.65. The summed E-state index contributed by atoms with van der Waals surface area (Å²) in [4.78, 5) is 19.4. The van der Waals surface area contributed by atoms with Gasteiger partial charge in [-0.1, -0.05) is 30.3 Å². The number of carbonyl (C=O) groups excluding carboxylic acids is 1. The number of benzene rings is 2. The highest BCUT2D eigenvalue weighted by molar-refractivity contribution is 7.89. The van der Waals surface area contributed by atoms with Crippen LogP contribution in [0, 0.1) is 0 Å². The number of hydrogen-bond acceptors (Lipinski definition) is 4. The van der Waals surface area contributed by atoms with Crippen molar-refractivity contribution in [2.24, 2.45) is 0 Å². The molecule has 1 heterocycles. The van der Waals surface area contributed by atoms with Crippen molar-refractivity contribution in [3.8, 4) is 0 Å². The fourth-order valence-electron chi connectivity index (χ4n) is 3.64. The standard InChI is InChI=1S/C23H30N4O3S/c1-6-27-21-13-12-19(31(29,30)25(3)4)16-20(21)24-22(27)14-15-23(28)26(5)17(2)18-10-8-7-9-11-18/h7-13,16-17H,6,14-15H2,1-5H3/t17-/m1/s1. The van der Waals surface area contributed by atoms with Gasteiger partial charge < -0.3 is 9.47 Å². The number of hydrogen-bond donors (Lipinski definition) is 0. The fraction of sp³-hybridized carbons (Fsp3) is 0.391. The van der Waals surface area contributed by atoms with Gasteiger partial charge in [-0.25, -0.2) is 17.7 Å². The number of nitrogens with zero attached hydrogens (tertiary/aromatic N) is 4. The van der Waals surface area contributed by atoms with Gasteiger partial charge in [0, 0.05) is 40.5 Å². The highest BCUT2D eigenvalue weighted by atomic mass is 32.2. The maximum Gasteiger partial charge on any atom is 0.242 e. The number of sulfonamides is 1. The van der Waals surface area contributed by atoms with Crippen molar-refractivity contribution in [1.29, 1.82) is 0 Å². The first kappa shape index (κ1) is 23.0. The highest BCUT2D eigenvalue weighted by Crippen LogP contribution is 2.24. The third-order valence-electron chi connectivity index (χ3n) is 5.71. The van der Waals surface area contributed by atoms with Gasteiger partial charge >= 0.3 is 0 Å². The maximum absolute atomic E-state index is 12.8. The average Bonchev–Trinajstić information content (AvgIpc) is 3.13. The summed E-state index contributed by atoms with van der Waals surface area (Å²) < 4.78 is 28.1. The van der Waals surface area contributed by atoms with Crippen molar-refractivity contribution in [1.82, 2.24) is 18.8 Å². The largest absolute Gasteiger partial charge is 0.339 e. The van der Waals surface area contributed by atoms with Crippen molar-refractivity contribution < 1.29 is 13.2 Å². The topological polar surface area (TPSA) is 75.5 Å². The molecule has 31 heavy (non-hydrogen) atoms. The first-order chi connectivity index (χ1) is 14.7. The quantitative estimate of drug-likeness (QED) is 0.535. The van der Waals surface area contributed by atoms with E-state index in [1.54, 1.807) is 23.1 Å². The van der Waals surface area contributed by atoms with Gasteiger partial charge in [-0.05, 0) is 37.6 Å². The molecule has 166 valence electrons. The van der Waals surface area contributed by atoms with E-state index in [2.05, 4.69) is 4.98 Å². The molecule has 0 aliphatic rings. The van der Waals surface area contributed by atoms with Crippen molar-refractivity contribution >= 4 is 27.0 Å². The zero-order chi connectivity index (χ0) is 22.8. The van der Waals surface area contributed by atoms with Gasteiger partial charge in [-0.15, -0.1) is 0 Å². The number of aromatic nitrogens is 2. The minimum Gasteiger partial charge on any atom is -0.339 e. The molecule has 0 unspecified atom stereocenters. The molecule has 0 saturated carbocycles. The maximum atomic E-state index is 12.8. The van der Waals surface area contributed by atoms with E-state index < -0.39 is 10.0 Å². The van der Waals surface area contributed by atoms with Crippen LogP contribution in [-0.2, 0) is 27.8 Å². The first-order valence-electron chi connectivity index (χ1n) is 10.4. The zero-order valence-electron chi connectivity index (χ0n) is 18.7. The summed E-state index contributed by atoms with van der Waals surface area (Å²) in [6.45, 7) is 4.72. The van der Waals surface area contributed by atoms with Gasteiger partial charge in [0.2, 0.25) is 15.9 Å². The molecular weight excluding hydrogens is 412 g/mol. The Hall–Kier alpha value is -2.71. The monoisotopic (exact) mass is 442 g/mol. The molecule has 0 N–H and O–H groups in total. The van der Waals surface area contributed by atoms with E-state index in [9.17, 15) is 13.2 Å². The van der Waals surface area contributed by atoms with Crippen molar-refractivity contribution in [2.75, 3.05) is 21.1 Å². The van der Waals surface area contributed by atoms with E-state index in [0.29, 0.717) is 24.9 Å². The lowest BCUT2D eigenvalue weighted by Gasteiger charge is -2.25. The van der Waals surface area contributed by atoms with E-state index in [1.807, 2.05) is 55.8 Å². The summed E-state index contributed by atoms with van der Waals surface area (Å²) in [7, 11) is 1.31. The van der Waals surface area contributed by atoms with Crippen LogP contribution in [0.25, 0.3) is 11.0 Å². The van der Waals surface area contributed by atoms with Crippen molar-refractivity contribution in [3.63, 3.8) is 0 Å². The molecule has 0 saturated heterocycles. The summed E-state index contributed by atoms with van der Waals surface area (Å²) in [6, 6.07) is 14.9. The van der Waals surface area contributed by atoms with E-state index in [-0.39, 0.29) is 16.8 Å². The molecule has 0 spiro atoms. The van der Waals surface area contributed by atoms with E-state index in [1.165, 1.54) is 18.4 Å². The van der Waals surface area contributed by atoms with Gasteiger partial charge in [0.15, 0.2) is 0 Å². The van der Waals surface area contributed by atoms with Crippen LogP contribution in [0.2, 0.25) is 0 Å². The molecule has 0 bridgehead atoms. The van der Waals surface area contributed by atoms with Crippen LogP contribution < -0.4 is 0 Å². The van der Waals surface area contributed by atoms with E-state index in [0.717, 1.165) is 16.9 Å². The number of amides is 1. The number of carbonyl (C=O) groups is 1. The molecule has 0 fully saturated rings. The van der Waals surface area contributed by atoms with E-state index >= 15 is 0 Å². The van der Waals surface area contributed by atoms with Gasteiger partial charge in [0.1, 0.15) is 5.82 Å². The summed E-state index contributed by atoms with van der Waals surface area (Å²) in [5.74, 6) is 0.827. The average molecular weight is 443 g/mol. The predicted molar refractivity (Wildman–Crippen MR) is 122 cm³/mol. The molecule has 2 aromatic carbocycles. The number of rotatable bonds is 8. The molecule has 3 rings (SSSR count). The Morgan fingerprint density at radius 3 is 2.39 bits per heavy atom. The Morgan fingerprint density at radius 2 is 1.77 bits per heavy atom. The minimum atomic E-state index is -3.53.